The zero-order valence-corrected chi connectivity index (χ0v) is 11.2. The van der Waals surface area contributed by atoms with Crippen molar-refractivity contribution in [3.05, 3.63) is 0 Å². The summed E-state index contributed by atoms with van der Waals surface area (Å²) in [5, 5.41) is 11.6. The first-order valence-corrected chi connectivity index (χ1v) is 6.18. The van der Waals surface area contributed by atoms with Gasteiger partial charge >= 0.3 is 12.0 Å². The standard InChI is InChI=1S/C12H22N2O4/c1-12(2,10(15)16)14(3)11(17)13-6-7-18-8-9-4-5-9/h9H,4-8H2,1-3H3,(H,13,17)(H,15,16). The zero-order valence-electron chi connectivity index (χ0n) is 11.2. The lowest BCUT2D eigenvalue weighted by atomic mass is 10.1. The minimum Gasteiger partial charge on any atom is -0.480 e. The Labute approximate surface area is 107 Å². The second-order valence-electron chi connectivity index (χ2n) is 5.17. The third-order valence-electron chi connectivity index (χ3n) is 3.24. The number of carboxylic acid groups (broad SMARTS) is 1. The Morgan fingerprint density at radius 1 is 1.44 bits per heavy atom. The maximum atomic E-state index is 11.7. The normalized spacial score (nSPS) is 15.3. The number of rotatable bonds is 7. The molecular formula is C12H22N2O4. The molecule has 0 aromatic carbocycles. The van der Waals surface area contributed by atoms with E-state index in [9.17, 15) is 9.59 Å². The lowest BCUT2D eigenvalue weighted by Gasteiger charge is -2.31. The largest absolute Gasteiger partial charge is 0.480 e. The van der Waals surface area contributed by atoms with Gasteiger partial charge in [-0.1, -0.05) is 0 Å². The fourth-order valence-corrected chi connectivity index (χ4v) is 1.28. The van der Waals surface area contributed by atoms with Crippen molar-refractivity contribution in [1.29, 1.82) is 0 Å². The van der Waals surface area contributed by atoms with E-state index >= 15 is 0 Å². The number of ether oxygens (including phenoxy) is 1. The molecule has 0 radical (unpaired) electrons. The predicted octanol–water partition coefficient (Wildman–Crippen LogP) is 0.918. The lowest BCUT2D eigenvalue weighted by molar-refractivity contribution is -0.146. The average molecular weight is 258 g/mol. The highest BCUT2D eigenvalue weighted by atomic mass is 16.5. The highest BCUT2D eigenvalue weighted by molar-refractivity contribution is 5.85. The number of carboxylic acids is 1. The Kier molecular flexibility index (Phi) is 4.95. The van der Waals surface area contributed by atoms with E-state index in [0.29, 0.717) is 19.1 Å². The highest BCUT2D eigenvalue weighted by Crippen LogP contribution is 2.28. The summed E-state index contributed by atoms with van der Waals surface area (Å²) in [4.78, 5) is 23.9. The van der Waals surface area contributed by atoms with E-state index in [1.807, 2.05) is 0 Å². The summed E-state index contributed by atoms with van der Waals surface area (Å²) in [6, 6.07) is -0.405. The van der Waals surface area contributed by atoms with Gasteiger partial charge in [0, 0.05) is 20.2 Å². The van der Waals surface area contributed by atoms with Crippen LogP contribution in [0, 0.1) is 5.92 Å². The summed E-state index contributed by atoms with van der Waals surface area (Å²) >= 11 is 0. The number of amides is 2. The van der Waals surface area contributed by atoms with Crippen molar-refractivity contribution in [1.82, 2.24) is 10.2 Å². The lowest BCUT2D eigenvalue weighted by Crippen LogP contribution is -2.54. The number of carbonyl (C=O) groups excluding carboxylic acids is 1. The molecule has 2 amide bonds. The van der Waals surface area contributed by atoms with Gasteiger partial charge in [0.2, 0.25) is 0 Å². The van der Waals surface area contributed by atoms with Crippen molar-refractivity contribution in [2.24, 2.45) is 5.92 Å². The van der Waals surface area contributed by atoms with E-state index in [1.54, 1.807) is 0 Å². The van der Waals surface area contributed by atoms with Crippen LogP contribution in [0.1, 0.15) is 26.7 Å². The molecule has 0 aromatic heterocycles. The molecule has 0 aliphatic heterocycles. The molecular weight excluding hydrogens is 236 g/mol. The molecule has 0 aromatic rings. The number of hydrogen-bond acceptors (Lipinski definition) is 3. The fourth-order valence-electron chi connectivity index (χ4n) is 1.28. The van der Waals surface area contributed by atoms with Crippen molar-refractivity contribution < 1.29 is 19.4 Å². The van der Waals surface area contributed by atoms with Gasteiger partial charge in [-0.2, -0.15) is 0 Å². The van der Waals surface area contributed by atoms with Crippen LogP contribution in [0.2, 0.25) is 0 Å². The molecule has 0 bridgehead atoms. The Balaban J connectivity index is 2.19. The molecule has 1 aliphatic carbocycles. The molecule has 0 spiro atoms. The summed E-state index contributed by atoms with van der Waals surface area (Å²) < 4.78 is 5.37. The van der Waals surface area contributed by atoms with Crippen molar-refractivity contribution in [2.75, 3.05) is 26.8 Å². The predicted molar refractivity (Wildman–Crippen MR) is 66.4 cm³/mol. The van der Waals surface area contributed by atoms with Crippen LogP contribution in [0.3, 0.4) is 0 Å². The first-order valence-electron chi connectivity index (χ1n) is 6.18. The summed E-state index contributed by atoms with van der Waals surface area (Å²) in [5.41, 5.74) is -1.22. The topological polar surface area (TPSA) is 78.9 Å². The summed E-state index contributed by atoms with van der Waals surface area (Å²) in [5.74, 6) is -0.334. The van der Waals surface area contributed by atoms with Crippen LogP contribution in [-0.2, 0) is 9.53 Å². The van der Waals surface area contributed by atoms with Gasteiger partial charge in [0.25, 0.3) is 0 Å². The molecule has 1 aliphatic rings. The van der Waals surface area contributed by atoms with Crippen LogP contribution >= 0.6 is 0 Å². The molecule has 1 rings (SSSR count). The van der Waals surface area contributed by atoms with E-state index in [-0.39, 0.29) is 0 Å². The number of hydrogen-bond donors (Lipinski definition) is 2. The Bertz CT molecular complexity index is 313. The highest BCUT2D eigenvalue weighted by Gasteiger charge is 2.35. The maximum absolute atomic E-state index is 11.7. The SMILES string of the molecule is CN(C(=O)NCCOCC1CC1)C(C)(C)C(=O)O. The maximum Gasteiger partial charge on any atom is 0.329 e. The van der Waals surface area contributed by atoms with Crippen LogP contribution in [0.15, 0.2) is 0 Å². The van der Waals surface area contributed by atoms with Gasteiger partial charge < -0.3 is 20.1 Å². The number of nitrogens with zero attached hydrogens (tertiary/aromatic N) is 1. The first-order chi connectivity index (χ1) is 8.35. The molecule has 0 atom stereocenters. The van der Waals surface area contributed by atoms with Crippen molar-refractivity contribution in [3.63, 3.8) is 0 Å². The van der Waals surface area contributed by atoms with Crippen LogP contribution in [0.25, 0.3) is 0 Å². The molecule has 6 nitrogen and oxygen atoms in total. The van der Waals surface area contributed by atoms with E-state index in [2.05, 4.69) is 5.32 Å². The fraction of sp³-hybridized carbons (Fsp3) is 0.833. The van der Waals surface area contributed by atoms with E-state index in [1.165, 1.54) is 38.6 Å². The van der Waals surface area contributed by atoms with E-state index in [0.717, 1.165) is 6.61 Å². The molecule has 6 heteroatoms. The quantitative estimate of drug-likeness (QED) is 0.665. The first kappa shape index (κ1) is 14.8. The van der Waals surface area contributed by atoms with Gasteiger partial charge in [0.05, 0.1) is 6.61 Å². The van der Waals surface area contributed by atoms with Crippen molar-refractivity contribution >= 4 is 12.0 Å². The second kappa shape index (κ2) is 6.04. The van der Waals surface area contributed by atoms with Gasteiger partial charge in [-0.25, -0.2) is 9.59 Å². The molecule has 18 heavy (non-hydrogen) atoms. The van der Waals surface area contributed by atoms with Crippen LogP contribution in [0.5, 0.6) is 0 Å². The number of carbonyl (C=O) groups is 2. The molecule has 0 heterocycles. The third kappa shape index (κ3) is 4.18. The number of likely N-dealkylation sites (N-methyl/N-ethyl adjacent to an activating group) is 1. The van der Waals surface area contributed by atoms with Crippen LogP contribution in [0.4, 0.5) is 4.79 Å². The van der Waals surface area contributed by atoms with Gasteiger partial charge in [-0.15, -0.1) is 0 Å². The smallest absolute Gasteiger partial charge is 0.329 e. The minimum atomic E-state index is -1.22. The van der Waals surface area contributed by atoms with Gasteiger partial charge in [0.15, 0.2) is 0 Å². The van der Waals surface area contributed by atoms with Crippen LogP contribution < -0.4 is 5.32 Å². The minimum absolute atomic E-state index is 0.394. The molecule has 0 unspecified atom stereocenters. The number of aliphatic carboxylic acids is 1. The third-order valence-corrected chi connectivity index (χ3v) is 3.24. The molecule has 104 valence electrons. The van der Waals surface area contributed by atoms with Gasteiger partial charge in [-0.3, -0.25) is 0 Å². The molecule has 1 fully saturated rings. The number of urea groups is 1. The van der Waals surface area contributed by atoms with Crippen LogP contribution in [-0.4, -0.2) is 54.4 Å². The van der Waals surface area contributed by atoms with Gasteiger partial charge in [-0.05, 0) is 32.6 Å². The average Bonchev–Trinajstić information content (AvgIpc) is 3.11. The Morgan fingerprint density at radius 2 is 2.06 bits per heavy atom. The monoisotopic (exact) mass is 258 g/mol. The van der Waals surface area contributed by atoms with Gasteiger partial charge in [0.1, 0.15) is 5.54 Å². The molecule has 1 saturated carbocycles. The second-order valence-corrected chi connectivity index (χ2v) is 5.17. The van der Waals surface area contributed by atoms with Crippen molar-refractivity contribution in [2.45, 2.75) is 32.2 Å². The molecule has 0 saturated heterocycles. The van der Waals surface area contributed by atoms with E-state index < -0.39 is 17.5 Å². The number of nitrogens with one attached hydrogen (secondary N) is 1. The summed E-state index contributed by atoms with van der Waals surface area (Å²) in [6.07, 6.45) is 2.48. The Hall–Kier alpha value is -1.30. The molecule has 2 N–H and O–H groups in total. The van der Waals surface area contributed by atoms with E-state index in [4.69, 9.17) is 9.84 Å². The zero-order chi connectivity index (χ0) is 13.8. The Morgan fingerprint density at radius 3 is 2.56 bits per heavy atom. The van der Waals surface area contributed by atoms with Crippen molar-refractivity contribution in [3.8, 4) is 0 Å². The summed E-state index contributed by atoms with van der Waals surface area (Å²) in [7, 11) is 1.47. The summed E-state index contributed by atoms with van der Waals surface area (Å²) in [6.45, 7) is 4.58.